The van der Waals surface area contributed by atoms with Crippen LogP contribution in [0.5, 0.6) is 0 Å². The molecule has 106 valence electrons. The highest BCUT2D eigenvalue weighted by atomic mass is 16.5. The molecule has 0 radical (unpaired) electrons. The molecule has 0 spiro atoms. The minimum Gasteiger partial charge on any atom is -0.478 e. The van der Waals surface area contributed by atoms with E-state index in [1.807, 2.05) is 30.3 Å². The lowest BCUT2D eigenvalue weighted by molar-refractivity contribution is -0.138. The third-order valence-electron chi connectivity index (χ3n) is 3.12. The average Bonchev–Trinajstić information content (AvgIpc) is 2.48. The summed E-state index contributed by atoms with van der Waals surface area (Å²) in [7, 11) is 0. The Bertz CT molecular complexity index is 504. The Labute approximate surface area is 117 Å². The summed E-state index contributed by atoms with van der Waals surface area (Å²) in [6, 6.07) is 9.13. The maximum atomic E-state index is 12.1. The average molecular weight is 275 g/mol. The molecule has 1 N–H and O–H groups in total. The van der Waals surface area contributed by atoms with Gasteiger partial charge in [-0.15, -0.1) is 0 Å². The number of rotatable bonds is 4. The molecular formula is C15H17NO4. The lowest BCUT2D eigenvalue weighted by atomic mass is 10.1. The molecule has 0 saturated carbocycles. The SMILES string of the molecule is O=C(O)/C(=C\c1ccccc1)CC(=O)N1CCOCC1. The Hall–Kier alpha value is -2.14. The summed E-state index contributed by atoms with van der Waals surface area (Å²) in [6.45, 7) is 2.07. The number of hydrogen-bond acceptors (Lipinski definition) is 3. The van der Waals surface area contributed by atoms with Gasteiger partial charge in [0, 0.05) is 18.7 Å². The van der Waals surface area contributed by atoms with E-state index < -0.39 is 5.97 Å². The van der Waals surface area contributed by atoms with E-state index in [-0.39, 0.29) is 17.9 Å². The predicted octanol–water partition coefficient (Wildman–Crippen LogP) is 1.40. The molecule has 5 heteroatoms. The number of morpholine rings is 1. The van der Waals surface area contributed by atoms with E-state index in [1.165, 1.54) is 0 Å². The first-order chi connectivity index (χ1) is 9.66. The summed E-state index contributed by atoms with van der Waals surface area (Å²) >= 11 is 0. The van der Waals surface area contributed by atoms with Crippen molar-refractivity contribution in [3.05, 3.63) is 41.5 Å². The summed E-state index contributed by atoms with van der Waals surface area (Å²) in [5.74, 6) is -1.23. The van der Waals surface area contributed by atoms with E-state index in [0.29, 0.717) is 26.3 Å². The van der Waals surface area contributed by atoms with E-state index in [9.17, 15) is 14.7 Å². The Morgan fingerprint density at radius 3 is 2.45 bits per heavy atom. The maximum absolute atomic E-state index is 12.1. The number of hydrogen-bond donors (Lipinski definition) is 1. The van der Waals surface area contributed by atoms with Gasteiger partial charge < -0.3 is 14.7 Å². The van der Waals surface area contributed by atoms with Gasteiger partial charge in [0.25, 0.3) is 0 Å². The van der Waals surface area contributed by atoms with Crippen LogP contribution in [-0.2, 0) is 14.3 Å². The summed E-state index contributed by atoms with van der Waals surface area (Å²) in [5.41, 5.74) is 0.882. The summed E-state index contributed by atoms with van der Waals surface area (Å²) in [6.07, 6.45) is 1.45. The standard InChI is InChI=1S/C15H17NO4/c17-14(16-6-8-20-9-7-16)11-13(15(18)19)10-12-4-2-1-3-5-12/h1-5,10H,6-9,11H2,(H,18,19)/b13-10-. The molecule has 20 heavy (non-hydrogen) atoms. The molecule has 1 aliphatic rings. The molecule has 5 nitrogen and oxygen atoms in total. The predicted molar refractivity (Wildman–Crippen MR) is 74.1 cm³/mol. The fraction of sp³-hybridized carbons (Fsp3) is 0.333. The molecule has 0 aliphatic carbocycles. The van der Waals surface area contributed by atoms with Crippen molar-refractivity contribution in [3.63, 3.8) is 0 Å². The second-order valence-corrected chi connectivity index (χ2v) is 4.56. The largest absolute Gasteiger partial charge is 0.478 e. The minimum atomic E-state index is -1.06. The first kappa shape index (κ1) is 14.3. The van der Waals surface area contributed by atoms with Gasteiger partial charge in [-0.25, -0.2) is 4.79 Å². The topological polar surface area (TPSA) is 66.8 Å². The van der Waals surface area contributed by atoms with Gasteiger partial charge in [0.15, 0.2) is 0 Å². The van der Waals surface area contributed by atoms with E-state index in [4.69, 9.17) is 4.74 Å². The Kier molecular flexibility index (Phi) is 4.90. The highest BCUT2D eigenvalue weighted by molar-refractivity contribution is 5.98. The lowest BCUT2D eigenvalue weighted by Gasteiger charge is -2.26. The molecule has 0 bridgehead atoms. The van der Waals surface area contributed by atoms with Crippen LogP contribution < -0.4 is 0 Å². The van der Waals surface area contributed by atoms with Crippen LogP contribution in [0.15, 0.2) is 35.9 Å². The minimum absolute atomic E-state index is 0.0930. The molecule has 1 amide bonds. The van der Waals surface area contributed by atoms with Gasteiger partial charge in [0.05, 0.1) is 19.6 Å². The van der Waals surface area contributed by atoms with Crippen molar-refractivity contribution in [1.82, 2.24) is 4.90 Å². The van der Waals surface area contributed by atoms with Crippen molar-refractivity contribution in [3.8, 4) is 0 Å². The van der Waals surface area contributed by atoms with Crippen LogP contribution in [0, 0.1) is 0 Å². The molecule has 2 rings (SSSR count). The van der Waals surface area contributed by atoms with Crippen LogP contribution in [0.3, 0.4) is 0 Å². The van der Waals surface area contributed by atoms with Crippen LogP contribution in [-0.4, -0.2) is 48.2 Å². The Morgan fingerprint density at radius 1 is 1.20 bits per heavy atom. The van der Waals surface area contributed by atoms with Gasteiger partial charge in [-0.1, -0.05) is 30.3 Å². The zero-order valence-electron chi connectivity index (χ0n) is 11.1. The van der Waals surface area contributed by atoms with Crippen molar-refractivity contribution < 1.29 is 19.4 Å². The number of amides is 1. The smallest absolute Gasteiger partial charge is 0.332 e. The van der Waals surface area contributed by atoms with E-state index >= 15 is 0 Å². The molecule has 1 saturated heterocycles. The molecule has 1 aromatic rings. The van der Waals surface area contributed by atoms with Gasteiger partial charge in [0.2, 0.25) is 5.91 Å². The zero-order valence-corrected chi connectivity index (χ0v) is 11.1. The number of carbonyl (C=O) groups excluding carboxylic acids is 1. The fourth-order valence-electron chi connectivity index (χ4n) is 2.03. The lowest BCUT2D eigenvalue weighted by Crippen LogP contribution is -2.41. The first-order valence-corrected chi connectivity index (χ1v) is 6.51. The van der Waals surface area contributed by atoms with Gasteiger partial charge in [-0.3, -0.25) is 4.79 Å². The molecule has 0 atom stereocenters. The highest BCUT2D eigenvalue weighted by Crippen LogP contribution is 2.12. The van der Waals surface area contributed by atoms with Crippen molar-refractivity contribution in [1.29, 1.82) is 0 Å². The van der Waals surface area contributed by atoms with Gasteiger partial charge in [-0.2, -0.15) is 0 Å². The highest BCUT2D eigenvalue weighted by Gasteiger charge is 2.20. The van der Waals surface area contributed by atoms with Crippen LogP contribution >= 0.6 is 0 Å². The van der Waals surface area contributed by atoms with Crippen molar-refractivity contribution in [2.24, 2.45) is 0 Å². The van der Waals surface area contributed by atoms with Crippen LogP contribution in [0.2, 0.25) is 0 Å². The van der Waals surface area contributed by atoms with Crippen molar-refractivity contribution in [2.75, 3.05) is 26.3 Å². The number of benzene rings is 1. The summed E-state index contributed by atoms with van der Waals surface area (Å²) < 4.78 is 5.17. The molecule has 0 aromatic heterocycles. The van der Waals surface area contributed by atoms with Crippen LogP contribution in [0.4, 0.5) is 0 Å². The normalized spacial score (nSPS) is 16.0. The second kappa shape index (κ2) is 6.86. The number of nitrogens with zero attached hydrogens (tertiary/aromatic N) is 1. The quantitative estimate of drug-likeness (QED) is 0.844. The number of aliphatic carboxylic acids is 1. The number of carboxylic acids is 1. The zero-order chi connectivity index (χ0) is 14.4. The monoisotopic (exact) mass is 275 g/mol. The second-order valence-electron chi connectivity index (χ2n) is 4.56. The molecule has 1 aliphatic heterocycles. The van der Waals surface area contributed by atoms with Crippen LogP contribution in [0.1, 0.15) is 12.0 Å². The number of carbonyl (C=O) groups is 2. The molecule has 1 fully saturated rings. The van der Waals surface area contributed by atoms with Crippen molar-refractivity contribution >= 4 is 18.0 Å². The maximum Gasteiger partial charge on any atom is 0.332 e. The van der Waals surface area contributed by atoms with E-state index in [0.717, 1.165) is 5.56 Å². The summed E-state index contributed by atoms with van der Waals surface area (Å²) in [5, 5.41) is 9.22. The first-order valence-electron chi connectivity index (χ1n) is 6.51. The number of carboxylic acid groups (broad SMARTS) is 1. The Morgan fingerprint density at radius 2 is 1.85 bits per heavy atom. The summed E-state index contributed by atoms with van der Waals surface area (Å²) in [4.78, 5) is 25.0. The number of ether oxygens (including phenoxy) is 1. The van der Waals surface area contributed by atoms with Crippen LogP contribution in [0.25, 0.3) is 6.08 Å². The molecular weight excluding hydrogens is 258 g/mol. The Balaban J connectivity index is 2.08. The van der Waals surface area contributed by atoms with Crippen molar-refractivity contribution in [2.45, 2.75) is 6.42 Å². The molecule has 1 aromatic carbocycles. The molecule has 0 unspecified atom stereocenters. The van der Waals surface area contributed by atoms with Gasteiger partial charge >= 0.3 is 5.97 Å². The van der Waals surface area contributed by atoms with Gasteiger partial charge in [-0.05, 0) is 11.6 Å². The third-order valence-corrected chi connectivity index (χ3v) is 3.12. The fourth-order valence-corrected chi connectivity index (χ4v) is 2.03. The van der Waals surface area contributed by atoms with Gasteiger partial charge in [0.1, 0.15) is 0 Å². The van der Waals surface area contributed by atoms with E-state index in [2.05, 4.69) is 0 Å². The van der Waals surface area contributed by atoms with E-state index in [1.54, 1.807) is 11.0 Å². The molecule has 1 heterocycles. The third kappa shape index (κ3) is 3.93.